The number of hydrogen-bond donors (Lipinski definition) is 2. The minimum atomic E-state index is -0.496. The number of ether oxygens (including phenoxy) is 2. The Labute approximate surface area is 124 Å². The Bertz CT molecular complexity index is 515. The molecule has 114 valence electrons. The monoisotopic (exact) mass is 291 g/mol. The number of piperidine rings is 1. The van der Waals surface area contributed by atoms with E-state index in [2.05, 4.69) is 10.2 Å². The number of nitrogen functional groups attached to an aromatic ring is 1. The van der Waals surface area contributed by atoms with Crippen LogP contribution in [-0.2, 0) is 14.3 Å². The largest absolute Gasteiger partial charge is 0.397 e. The normalized spacial score (nSPS) is 21.5. The SMILES string of the molecule is Nc1ccccc1NC(=O)CN1CCCC2(C1)OCCO2. The summed E-state index contributed by atoms with van der Waals surface area (Å²) in [4.78, 5) is 14.2. The number of carbonyl (C=O) groups excluding carboxylic acids is 1. The number of anilines is 2. The maximum Gasteiger partial charge on any atom is 0.238 e. The molecule has 0 unspecified atom stereocenters. The van der Waals surface area contributed by atoms with Crippen molar-refractivity contribution in [1.82, 2.24) is 4.90 Å². The summed E-state index contributed by atoms with van der Waals surface area (Å²) >= 11 is 0. The molecule has 6 nitrogen and oxygen atoms in total. The van der Waals surface area contributed by atoms with Crippen LogP contribution in [0, 0.1) is 0 Å². The van der Waals surface area contributed by atoms with Crippen molar-refractivity contribution in [2.45, 2.75) is 18.6 Å². The number of para-hydroxylation sites is 2. The van der Waals surface area contributed by atoms with E-state index >= 15 is 0 Å². The van der Waals surface area contributed by atoms with Crippen molar-refractivity contribution >= 4 is 17.3 Å². The second kappa shape index (κ2) is 6.01. The first-order chi connectivity index (χ1) is 10.2. The fourth-order valence-corrected chi connectivity index (χ4v) is 2.94. The lowest BCUT2D eigenvalue weighted by Crippen LogP contribution is -2.50. The van der Waals surface area contributed by atoms with Gasteiger partial charge in [0.1, 0.15) is 0 Å². The molecular formula is C15H21N3O3. The number of likely N-dealkylation sites (tertiary alicyclic amines) is 1. The number of nitrogens with zero attached hydrogens (tertiary/aromatic N) is 1. The minimum Gasteiger partial charge on any atom is -0.397 e. The summed E-state index contributed by atoms with van der Waals surface area (Å²) in [5.74, 6) is -0.562. The number of nitrogens with two attached hydrogens (primary N) is 1. The Morgan fingerprint density at radius 3 is 2.86 bits per heavy atom. The van der Waals surface area contributed by atoms with Gasteiger partial charge in [-0.1, -0.05) is 12.1 Å². The number of nitrogens with one attached hydrogen (secondary N) is 1. The highest BCUT2D eigenvalue weighted by atomic mass is 16.7. The van der Waals surface area contributed by atoms with E-state index in [0.29, 0.717) is 37.7 Å². The maximum absolute atomic E-state index is 12.1. The van der Waals surface area contributed by atoms with E-state index in [-0.39, 0.29) is 5.91 Å². The van der Waals surface area contributed by atoms with Gasteiger partial charge in [0.05, 0.1) is 37.7 Å². The van der Waals surface area contributed by atoms with E-state index in [4.69, 9.17) is 15.2 Å². The van der Waals surface area contributed by atoms with Gasteiger partial charge in [0.2, 0.25) is 5.91 Å². The Morgan fingerprint density at radius 2 is 2.10 bits per heavy atom. The van der Waals surface area contributed by atoms with Gasteiger partial charge in [-0.15, -0.1) is 0 Å². The first-order valence-electron chi connectivity index (χ1n) is 7.32. The van der Waals surface area contributed by atoms with E-state index < -0.39 is 5.79 Å². The highest BCUT2D eigenvalue weighted by Crippen LogP contribution is 2.29. The molecule has 0 bridgehead atoms. The molecular weight excluding hydrogens is 270 g/mol. The number of hydrogen-bond acceptors (Lipinski definition) is 5. The molecule has 0 aromatic heterocycles. The summed E-state index contributed by atoms with van der Waals surface area (Å²) in [5, 5.41) is 2.85. The minimum absolute atomic E-state index is 0.0667. The molecule has 2 heterocycles. The van der Waals surface area contributed by atoms with Crippen LogP contribution in [-0.4, -0.2) is 49.4 Å². The molecule has 1 aromatic carbocycles. The van der Waals surface area contributed by atoms with Crippen LogP contribution >= 0.6 is 0 Å². The van der Waals surface area contributed by atoms with Gasteiger partial charge in [0.25, 0.3) is 0 Å². The van der Waals surface area contributed by atoms with Crippen molar-refractivity contribution in [3.63, 3.8) is 0 Å². The summed E-state index contributed by atoms with van der Waals surface area (Å²) < 4.78 is 11.4. The Kier molecular flexibility index (Phi) is 4.10. The molecule has 2 aliphatic rings. The third kappa shape index (κ3) is 3.34. The average Bonchev–Trinajstić information content (AvgIpc) is 2.89. The van der Waals surface area contributed by atoms with Crippen molar-refractivity contribution < 1.29 is 14.3 Å². The molecule has 3 rings (SSSR count). The summed E-state index contributed by atoms with van der Waals surface area (Å²) in [6.07, 6.45) is 1.87. The molecule has 0 radical (unpaired) electrons. The lowest BCUT2D eigenvalue weighted by Gasteiger charge is -2.38. The molecule has 2 aliphatic heterocycles. The zero-order valence-corrected chi connectivity index (χ0v) is 12.0. The van der Waals surface area contributed by atoms with Crippen LogP contribution in [0.15, 0.2) is 24.3 Å². The van der Waals surface area contributed by atoms with Crippen LogP contribution in [0.1, 0.15) is 12.8 Å². The van der Waals surface area contributed by atoms with Gasteiger partial charge in [0.15, 0.2) is 5.79 Å². The maximum atomic E-state index is 12.1. The van der Waals surface area contributed by atoms with Crippen LogP contribution in [0.5, 0.6) is 0 Å². The fourth-order valence-electron chi connectivity index (χ4n) is 2.94. The molecule has 2 fully saturated rings. The molecule has 1 aromatic rings. The van der Waals surface area contributed by atoms with Crippen LogP contribution in [0.25, 0.3) is 0 Å². The van der Waals surface area contributed by atoms with Crippen LogP contribution < -0.4 is 11.1 Å². The van der Waals surface area contributed by atoms with E-state index in [1.165, 1.54) is 0 Å². The lowest BCUT2D eigenvalue weighted by atomic mass is 10.0. The summed E-state index contributed by atoms with van der Waals surface area (Å²) in [6.45, 7) is 3.13. The molecule has 0 atom stereocenters. The summed E-state index contributed by atoms with van der Waals surface area (Å²) in [7, 11) is 0. The van der Waals surface area contributed by atoms with E-state index in [1.807, 2.05) is 12.1 Å². The van der Waals surface area contributed by atoms with Crippen LogP contribution in [0.2, 0.25) is 0 Å². The van der Waals surface area contributed by atoms with E-state index in [1.54, 1.807) is 12.1 Å². The molecule has 6 heteroatoms. The number of amides is 1. The molecule has 2 saturated heterocycles. The molecule has 1 amide bonds. The van der Waals surface area contributed by atoms with Gasteiger partial charge in [0, 0.05) is 6.42 Å². The number of rotatable bonds is 3. The van der Waals surface area contributed by atoms with Crippen LogP contribution in [0.4, 0.5) is 11.4 Å². The van der Waals surface area contributed by atoms with Gasteiger partial charge in [-0.3, -0.25) is 9.69 Å². The lowest BCUT2D eigenvalue weighted by molar-refractivity contribution is -0.189. The molecule has 3 N–H and O–H groups in total. The van der Waals surface area contributed by atoms with Crippen LogP contribution in [0.3, 0.4) is 0 Å². The third-order valence-corrected chi connectivity index (χ3v) is 3.91. The summed E-state index contributed by atoms with van der Waals surface area (Å²) in [6, 6.07) is 7.26. The number of benzene rings is 1. The Balaban J connectivity index is 1.56. The Morgan fingerprint density at radius 1 is 1.33 bits per heavy atom. The van der Waals surface area contributed by atoms with Gasteiger partial charge in [-0.05, 0) is 25.1 Å². The molecule has 0 saturated carbocycles. The van der Waals surface area contributed by atoms with Crippen molar-refractivity contribution in [3.05, 3.63) is 24.3 Å². The van der Waals surface area contributed by atoms with Crippen molar-refractivity contribution in [3.8, 4) is 0 Å². The Hall–Kier alpha value is -1.63. The van der Waals surface area contributed by atoms with Crippen molar-refractivity contribution in [2.75, 3.05) is 43.9 Å². The predicted octanol–water partition coefficient (Wildman–Crippen LogP) is 1.05. The first-order valence-corrected chi connectivity index (χ1v) is 7.32. The smallest absolute Gasteiger partial charge is 0.238 e. The second-order valence-corrected chi connectivity index (χ2v) is 5.56. The van der Waals surface area contributed by atoms with Gasteiger partial charge in [-0.25, -0.2) is 0 Å². The predicted molar refractivity (Wildman–Crippen MR) is 79.8 cm³/mol. The zero-order chi connectivity index (χ0) is 14.7. The quantitative estimate of drug-likeness (QED) is 0.814. The molecule has 0 aliphatic carbocycles. The van der Waals surface area contributed by atoms with E-state index in [0.717, 1.165) is 19.4 Å². The standard InChI is InChI=1S/C15H21N3O3/c16-12-4-1-2-5-13(12)17-14(19)10-18-7-3-6-15(11-18)20-8-9-21-15/h1-2,4-5H,3,6-11,16H2,(H,17,19). The molecule has 21 heavy (non-hydrogen) atoms. The third-order valence-electron chi connectivity index (χ3n) is 3.91. The number of carbonyl (C=O) groups is 1. The average molecular weight is 291 g/mol. The van der Waals surface area contributed by atoms with Crippen molar-refractivity contribution in [1.29, 1.82) is 0 Å². The second-order valence-electron chi connectivity index (χ2n) is 5.56. The zero-order valence-electron chi connectivity index (χ0n) is 12.0. The van der Waals surface area contributed by atoms with Gasteiger partial charge >= 0.3 is 0 Å². The summed E-state index contributed by atoms with van der Waals surface area (Å²) in [5.41, 5.74) is 7.06. The van der Waals surface area contributed by atoms with Gasteiger partial charge in [-0.2, -0.15) is 0 Å². The topological polar surface area (TPSA) is 76.8 Å². The first kappa shape index (κ1) is 14.3. The van der Waals surface area contributed by atoms with Gasteiger partial charge < -0.3 is 20.5 Å². The van der Waals surface area contributed by atoms with Crippen molar-refractivity contribution in [2.24, 2.45) is 0 Å². The molecule has 1 spiro atoms. The highest BCUT2D eigenvalue weighted by molar-refractivity contribution is 5.95. The fraction of sp³-hybridized carbons (Fsp3) is 0.533. The highest BCUT2D eigenvalue weighted by Gasteiger charge is 2.40. The van der Waals surface area contributed by atoms with E-state index in [9.17, 15) is 4.79 Å².